The Morgan fingerprint density at radius 2 is 1.94 bits per heavy atom. The molecule has 0 saturated heterocycles. The lowest BCUT2D eigenvalue weighted by Crippen LogP contribution is -2.24. The van der Waals surface area contributed by atoms with Gasteiger partial charge in [0.05, 0.1) is 0 Å². The van der Waals surface area contributed by atoms with Gasteiger partial charge in [0.2, 0.25) is 5.91 Å². The van der Waals surface area contributed by atoms with Crippen LogP contribution in [0.15, 0.2) is 36.4 Å². The van der Waals surface area contributed by atoms with Gasteiger partial charge in [-0.2, -0.15) is 0 Å². The Kier molecular flexibility index (Phi) is 4.77. The van der Waals surface area contributed by atoms with Crippen molar-refractivity contribution in [1.82, 2.24) is 0 Å². The van der Waals surface area contributed by atoms with E-state index < -0.39 is 0 Å². The Morgan fingerprint density at radius 1 is 1.31 bits per heavy atom. The Morgan fingerprint density at radius 3 is 2.44 bits per heavy atom. The van der Waals surface area contributed by atoms with Crippen LogP contribution in [0.4, 0.5) is 5.69 Å². The molecule has 0 heterocycles. The molecule has 0 aliphatic rings. The van der Waals surface area contributed by atoms with Gasteiger partial charge in [-0.15, -0.1) is 0 Å². The van der Waals surface area contributed by atoms with Crippen LogP contribution in [0.3, 0.4) is 0 Å². The zero-order valence-corrected chi connectivity index (χ0v) is 10.2. The normalized spacial score (nSPS) is 10.7. The molecule has 0 unspecified atom stereocenters. The second-order valence-corrected chi connectivity index (χ2v) is 3.75. The minimum absolute atomic E-state index is 0.140. The molecule has 0 aliphatic heterocycles. The van der Waals surface area contributed by atoms with Crippen molar-refractivity contribution in [2.75, 3.05) is 11.9 Å². The molecule has 0 aromatic heterocycles. The van der Waals surface area contributed by atoms with Crippen LogP contribution >= 0.6 is 0 Å². The molecule has 0 aliphatic carbocycles. The standard InChI is InChI=1S/C14H19NO/c1-4-6-7-12-8-10-13(11-9-12)15(3)14(16)5-2/h4,6,8-11H,5,7H2,1-3H3/b6-4+. The maximum absolute atomic E-state index is 11.5. The van der Waals surface area contributed by atoms with Gasteiger partial charge in [0.15, 0.2) is 0 Å². The fourth-order valence-electron chi connectivity index (χ4n) is 1.49. The van der Waals surface area contributed by atoms with Gasteiger partial charge in [-0.3, -0.25) is 4.79 Å². The molecule has 0 saturated carbocycles. The Labute approximate surface area is 97.6 Å². The third-order valence-electron chi connectivity index (χ3n) is 2.59. The third-order valence-corrected chi connectivity index (χ3v) is 2.59. The fraction of sp³-hybridized carbons (Fsp3) is 0.357. The van der Waals surface area contributed by atoms with Crippen molar-refractivity contribution in [3.05, 3.63) is 42.0 Å². The molecular formula is C14H19NO. The summed E-state index contributed by atoms with van der Waals surface area (Å²) in [7, 11) is 1.81. The molecule has 0 bridgehead atoms. The molecule has 1 aromatic rings. The topological polar surface area (TPSA) is 20.3 Å². The molecular weight excluding hydrogens is 198 g/mol. The summed E-state index contributed by atoms with van der Waals surface area (Å²) in [5.41, 5.74) is 2.22. The highest BCUT2D eigenvalue weighted by Crippen LogP contribution is 2.15. The van der Waals surface area contributed by atoms with Gasteiger partial charge >= 0.3 is 0 Å². The predicted molar refractivity (Wildman–Crippen MR) is 68.7 cm³/mol. The van der Waals surface area contributed by atoms with Crippen molar-refractivity contribution in [1.29, 1.82) is 0 Å². The lowest BCUT2D eigenvalue weighted by molar-refractivity contribution is -0.118. The van der Waals surface area contributed by atoms with Crippen LogP contribution in [-0.2, 0) is 11.2 Å². The largest absolute Gasteiger partial charge is 0.316 e. The van der Waals surface area contributed by atoms with Gasteiger partial charge < -0.3 is 4.90 Å². The number of rotatable bonds is 4. The van der Waals surface area contributed by atoms with Crippen molar-refractivity contribution in [2.24, 2.45) is 0 Å². The summed E-state index contributed by atoms with van der Waals surface area (Å²) in [4.78, 5) is 13.2. The van der Waals surface area contributed by atoms with Crippen molar-refractivity contribution in [3.63, 3.8) is 0 Å². The molecule has 16 heavy (non-hydrogen) atoms. The number of hydrogen-bond acceptors (Lipinski definition) is 1. The van der Waals surface area contributed by atoms with Crippen LogP contribution < -0.4 is 4.90 Å². The Hall–Kier alpha value is -1.57. The summed E-state index contributed by atoms with van der Waals surface area (Å²) < 4.78 is 0. The molecule has 0 atom stereocenters. The molecule has 2 heteroatoms. The first-order chi connectivity index (χ1) is 7.69. The maximum atomic E-state index is 11.5. The molecule has 1 aromatic carbocycles. The molecule has 1 rings (SSSR count). The zero-order chi connectivity index (χ0) is 12.0. The molecule has 0 fully saturated rings. The van der Waals surface area contributed by atoms with Crippen molar-refractivity contribution < 1.29 is 4.79 Å². The number of anilines is 1. The number of carbonyl (C=O) groups excluding carboxylic acids is 1. The summed E-state index contributed by atoms with van der Waals surface area (Å²) in [6, 6.07) is 8.11. The van der Waals surface area contributed by atoms with Crippen molar-refractivity contribution in [2.45, 2.75) is 26.7 Å². The minimum Gasteiger partial charge on any atom is -0.316 e. The summed E-state index contributed by atoms with van der Waals surface area (Å²) >= 11 is 0. The monoisotopic (exact) mass is 217 g/mol. The van der Waals surface area contributed by atoms with E-state index in [-0.39, 0.29) is 5.91 Å². The Bertz CT molecular complexity index is 365. The van der Waals surface area contributed by atoms with Gasteiger partial charge in [-0.1, -0.05) is 31.2 Å². The van der Waals surface area contributed by atoms with E-state index >= 15 is 0 Å². The van der Waals surface area contributed by atoms with E-state index in [0.717, 1.165) is 12.1 Å². The first-order valence-electron chi connectivity index (χ1n) is 5.65. The maximum Gasteiger partial charge on any atom is 0.226 e. The molecule has 0 N–H and O–H groups in total. The molecule has 2 nitrogen and oxygen atoms in total. The molecule has 1 amide bonds. The van der Waals surface area contributed by atoms with Crippen molar-refractivity contribution >= 4 is 11.6 Å². The van der Waals surface area contributed by atoms with Gasteiger partial charge in [-0.25, -0.2) is 0 Å². The predicted octanol–water partition coefficient (Wildman–Crippen LogP) is 3.18. The Balaban J connectivity index is 2.74. The SMILES string of the molecule is C/C=C/Cc1ccc(N(C)C(=O)CC)cc1. The summed E-state index contributed by atoms with van der Waals surface area (Å²) in [5.74, 6) is 0.140. The second-order valence-electron chi connectivity index (χ2n) is 3.75. The number of amides is 1. The fourth-order valence-corrected chi connectivity index (χ4v) is 1.49. The summed E-state index contributed by atoms with van der Waals surface area (Å²) in [5, 5.41) is 0. The number of carbonyl (C=O) groups is 1. The summed E-state index contributed by atoms with van der Waals surface area (Å²) in [6.07, 6.45) is 5.65. The number of nitrogens with zero attached hydrogens (tertiary/aromatic N) is 1. The van der Waals surface area contributed by atoms with Crippen LogP contribution in [0, 0.1) is 0 Å². The average molecular weight is 217 g/mol. The zero-order valence-electron chi connectivity index (χ0n) is 10.2. The van der Waals surface area contributed by atoms with Gasteiger partial charge in [0.25, 0.3) is 0 Å². The van der Waals surface area contributed by atoms with E-state index in [9.17, 15) is 4.79 Å². The van der Waals surface area contributed by atoms with Crippen LogP contribution in [0.2, 0.25) is 0 Å². The van der Waals surface area contributed by atoms with Gasteiger partial charge in [0.1, 0.15) is 0 Å². The highest BCUT2D eigenvalue weighted by molar-refractivity contribution is 5.92. The number of hydrogen-bond donors (Lipinski definition) is 0. The van der Waals surface area contributed by atoms with Crippen LogP contribution in [-0.4, -0.2) is 13.0 Å². The summed E-state index contributed by atoms with van der Waals surface area (Å²) in [6.45, 7) is 3.89. The lowest BCUT2D eigenvalue weighted by atomic mass is 10.1. The first kappa shape index (κ1) is 12.5. The first-order valence-corrected chi connectivity index (χ1v) is 5.65. The van der Waals surface area contributed by atoms with Crippen LogP contribution in [0.25, 0.3) is 0 Å². The van der Waals surface area contributed by atoms with E-state index in [1.807, 2.05) is 39.1 Å². The second kappa shape index (κ2) is 6.11. The highest BCUT2D eigenvalue weighted by Gasteiger charge is 2.07. The average Bonchev–Trinajstić information content (AvgIpc) is 2.35. The number of benzene rings is 1. The van der Waals surface area contributed by atoms with Gasteiger partial charge in [0, 0.05) is 19.2 Å². The van der Waals surface area contributed by atoms with E-state index in [0.29, 0.717) is 6.42 Å². The van der Waals surface area contributed by atoms with E-state index in [1.54, 1.807) is 4.90 Å². The van der Waals surface area contributed by atoms with Crippen molar-refractivity contribution in [3.8, 4) is 0 Å². The molecule has 86 valence electrons. The third kappa shape index (κ3) is 3.23. The quantitative estimate of drug-likeness (QED) is 0.709. The lowest BCUT2D eigenvalue weighted by Gasteiger charge is -2.16. The van der Waals surface area contributed by atoms with Gasteiger partial charge in [-0.05, 0) is 31.0 Å². The van der Waals surface area contributed by atoms with E-state index in [1.165, 1.54) is 5.56 Å². The highest BCUT2D eigenvalue weighted by atomic mass is 16.2. The smallest absolute Gasteiger partial charge is 0.226 e. The van der Waals surface area contributed by atoms with E-state index in [4.69, 9.17) is 0 Å². The molecule has 0 radical (unpaired) electrons. The van der Waals surface area contributed by atoms with Crippen LogP contribution in [0.1, 0.15) is 25.8 Å². The van der Waals surface area contributed by atoms with E-state index in [2.05, 4.69) is 18.2 Å². The number of allylic oxidation sites excluding steroid dienone is 2. The molecule has 0 spiro atoms. The van der Waals surface area contributed by atoms with Crippen LogP contribution in [0.5, 0.6) is 0 Å². The minimum atomic E-state index is 0.140.